The number of nitrogens with zero attached hydrogens (tertiary/aromatic N) is 2. The van der Waals surface area contributed by atoms with Crippen LogP contribution in [0.15, 0.2) is 67.0 Å². The first kappa shape index (κ1) is 16.2. The zero-order valence-electron chi connectivity index (χ0n) is 13.4. The topological polar surface area (TPSA) is 91.8 Å². The number of nitrogen functional groups attached to an aromatic ring is 1. The van der Waals surface area contributed by atoms with E-state index in [2.05, 4.69) is 16.4 Å². The summed E-state index contributed by atoms with van der Waals surface area (Å²) >= 11 is 0. The smallest absolute Gasteiger partial charge is 0.256 e. The van der Waals surface area contributed by atoms with Crippen molar-refractivity contribution >= 4 is 17.3 Å². The van der Waals surface area contributed by atoms with Crippen molar-refractivity contribution in [3.63, 3.8) is 0 Å². The van der Waals surface area contributed by atoms with Crippen LogP contribution in [0.25, 0.3) is 0 Å². The van der Waals surface area contributed by atoms with E-state index in [1.165, 1.54) is 0 Å². The van der Waals surface area contributed by atoms with Gasteiger partial charge in [0.15, 0.2) is 0 Å². The van der Waals surface area contributed by atoms with E-state index in [0.29, 0.717) is 28.9 Å². The number of rotatable bonds is 4. The summed E-state index contributed by atoms with van der Waals surface area (Å²) in [6.07, 6.45) is 3.96. The van der Waals surface area contributed by atoms with Gasteiger partial charge in [0.25, 0.3) is 5.91 Å². The minimum atomic E-state index is -0.258. The van der Waals surface area contributed by atoms with Crippen molar-refractivity contribution in [1.82, 2.24) is 4.98 Å². The maximum absolute atomic E-state index is 12.7. The van der Waals surface area contributed by atoms with Crippen molar-refractivity contribution in [2.75, 3.05) is 11.1 Å². The molecule has 0 aliphatic heterocycles. The maximum atomic E-state index is 12.7. The maximum Gasteiger partial charge on any atom is 0.256 e. The Kier molecular flexibility index (Phi) is 4.72. The van der Waals surface area contributed by atoms with E-state index in [9.17, 15) is 4.79 Å². The lowest BCUT2D eigenvalue weighted by Gasteiger charge is -2.13. The SMILES string of the molecule is N#Cc1cccc(NC(=O)c2cccc(N)c2Cc2ccncc2)c1. The van der Waals surface area contributed by atoms with Gasteiger partial charge in [-0.25, -0.2) is 0 Å². The van der Waals surface area contributed by atoms with Gasteiger partial charge in [0.05, 0.1) is 11.6 Å². The summed E-state index contributed by atoms with van der Waals surface area (Å²) in [6.45, 7) is 0. The first-order valence-corrected chi connectivity index (χ1v) is 7.75. The second-order valence-corrected chi connectivity index (χ2v) is 5.55. The molecule has 2 aromatic carbocycles. The lowest BCUT2D eigenvalue weighted by atomic mass is 9.98. The molecule has 3 rings (SSSR count). The fourth-order valence-corrected chi connectivity index (χ4v) is 2.58. The molecule has 25 heavy (non-hydrogen) atoms. The Morgan fingerprint density at radius 3 is 2.64 bits per heavy atom. The van der Waals surface area contributed by atoms with E-state index in [4.69, 9.17) is 11.0 Å². The van der Waals surface area contributed by atoms with E-state index in [0.717, 1.165) is 11.1 Å². The highest BCUT2D eigenvalue weighted by Crippen LogP contribution is 2.22. The van der Waals surface area contributed by atoms with E-state index in [-0.39, 0.29) is 5.91 Å². The molecule has 3 N–H and O–H groups in total. The molecule has 0 saturated heterocycles. The van der Waals surface area contributed by atoms with Crippen LogP contribution in [0.1, 0.15) is 27.0 Å². The quantitative estimate of drug-likeness (QED) is 0.718. The van der Waals surface area contributed by atoms with E-state index < -0.39 is 0 Å². The summed E-state index contributed by atoms with van der Waals surface area (Å²) in [4.78, 5) is 16.7. The molecule has 5 nitrogen and oxygen atoms in total. The normalized spacial score (nSPS) is 10.0. The van der Waals surface area contributed by atoms with Crippen LogP contribution in [0.4, 0.5) is 11.4 Å². The zero-order chi connectivity index (χ0) is 17.6. The molecule has 0 unspecified atom stereocenters. The molecule has 0 fully saturated rings. The van der Waals surface area contributed by atoms with Crippen molar-refractivity contribution in [3.05, 3.63) is 89.2 Å². The molecule has 122 valence electrons. The van der Waals surface area contributed by atoms with Gasteiger partial charge in [-0.15, -0.1) is 0 Å². The monoisotopic (exact) mass is 328 g/mol. The van der Waals surface area contributed by atoms with E-state index >= 15 is 0 Å². The Balaban J connectivity index is 1.90. The molecule has 1 amide bonds. The second kappa shape index (κ2) is 7.28. The van der Waals surface area contributed by atoms with Gasteiger partial charge in [0.1, 0.15) is 0 Å². The molecular formula is C20H16N4O. The predicted molar refractivity (Wildman–Crippen MR) is 97.0 cm³/mol. The predicted octanol–water partition coefficient (Wildman–Crippen LogP) is 3.38. The van der Waals surface area contributed by atoms with Crippen molar-refractivity contribution in [1.29, 1.82) is 5.26 Å². The van der Waals surface area contributed by atoms with Gasteiger partial charge < -0.3 is 11.1 Å². The number of amides is 1. The molecule has 0 aliphatic carbocycles. The largest absolute Gasteiger partial charge is 0.398 e. The van der Waals surface area contributed by atoms with Crippen LogP contribution in [-0.2, 0) is 6.42 Å². The lowest BCUT2D eigenvalue weighted by Crippen LogP contribution is -2.15. The molecule has 0 radical (unpaired) electrons. The Labute approximate surface area is 145 Å². The number of hydrogen-bond donors (Lipinski definition) is 2. The van der Waals surface area contributed by atoms with Crippen LogP contribution in [0, 0.1) is 11.3 Å². The summed E-state index contributed by atoms with van der Waals surface area (Å²) in [5.74, 6) is -0.258. The second-order valence-electron chi connectivity index (χ2n) is 5.55. The molecule has 1 aromatic heterocycles. The number of benzene rings is 2. The van der Waals surface area contributed by atoms with Gasteiger partial charge in [0, 0.05) is 35.8 Å². The fourth-order valence-electron chi connectivity index (χ4n) is 2.58. The molecule has 0 bridgehead atoms. The van der Waals surface area contributed by atoms with Gasteiger partial charge in [-0.2, -0.15) is 5.26 Å². The average Bonchev–Trinajstić information content (AvgIpc) is 2.64. The number of carbonyl (C=O) groups is 1. The van der Waals surface area contributed by atoms with Gasteiger partial charge in [0.2, 0.25) is 0 Å². The van der Waals surface area contributed by atoms with Gasteiger partial charge in [-0.3, -0.25) is 9.78 Å². The number of anilines is 2. The minimum Gasteiger partial charge on any atom is -0.398 e. The van der Waals surface area contributed by atoms with Crippen molar-refractivity contribution in [3.8, 4) is 6.07 Å². The van der Waals surface area contributed by atoms with Crippen molar-refractivity contribution in [2.24, 2.45) is 0 Å². The molecule has 0 atom stereocenters. The van der Waals surface area contributed by atoms with E-state index in [1.807, 2.05) is 12.1 Å². The van der Waals surface area contributed by atoms with Crippen LogP contribution >= 0.6 is 0 Å². The van der Waals surface area contributed by atoms with E-state index in [1.54, 1.807) is 54.9 Å². The summed E-state index contributed by atoms with van der Waals surface area (Å²) in [7, 11) is 0. The number of aromatic nitrogens is 1. The third kappa shape index (κ3) is 3.82. The fraction of sp³-hybridized carbons (Fsp3) is 0.0500. The van der Waals surface area contributed by atoms with Crippen LogP contribution in [0.2, 0.25) is 0 Å². The third-order valence-electron chi connectivity index (χ3n) is 3.84. The Morgan fingerprint density at radius 2 is 1.88 bits per heavy atom. The summed E-state index contributed by atoms with van der Waals surface area (Å²) < 4.78 is 0. The number of nitrogens with two attached hydrogens (primary N) is 1. The number of carbonyl (C=O) groups excluding carboxylic acids is 1. The molecule has 1 heterocycles. The Bertz CT molecular complexity index is 945. The van der Waals surface area contributed by atoms with Gasteiger partial charge in [-0.1, -0.05) is 12.1 Å². The van der Waals surface area contributed by atoms with Crippen molar-refractivity contribution < 1.29 is 4.79 Å². The third-order valence-corrected chi connectivity index (χ3v) is 3.84. The number of nitrogens with one attached hydrogen (secondary N) is 1. The van der Waals surface area contributed by atoms with Gasteiger partial charge in [-0.05, 0) is 53.6 Å². The summed E-state index contributed by atoms with van der Waals surface area (Å²) in [6, 6.07) is 17.9. The van der Waals surface area contributed by atoms with Crippen LogP contribution < -0.4 is 11.1 Å². The highest BCUT2D eigenvalue weighted by atomic mass is 16.1. The molecule has 0 aliphatic rings. The van der Waals surface area contributed by atoms with Crippen LogP contribution in [-0.4, -0.2) is 10.9 Å². The number of pyridine rings is 1. The molecule has 0 saturated carbocycles. The average molecular weight is 328 g/mol. The standard InChI is InChI=1S/C20H16N4O/c21-13-15-3-1-4-16(11-15)24-20(25)17-5-2-6-19(22)18(17)12-14-7-9-23-10-8-14/h1-11H,12,22H2,(H,24,25). The van der Waals surface area contributed by atoms with Crippen molar-refractivity contribution in [2.45, 2.75) is 6.42 Å². The number of nitriles is 1. The van der Waals surface area contributed by atoms with Crippen LogP contribution in [0.5, 0.6) is 0 Å². The van der Waals surface area contributed by atoms with Crippen LogP contribution in [0.3, 0.4) is 0 Å². The molecule has 3 aromatic rings. The first-order chi connectivity index (χ1) is 12.2. The molecule has 0 spiro atoms. The Hall–Kier alpha value is -3.65. The minimum absolute atomic E-state index is 0.258. The highest BCUT2D eigenvalue weighted by Gasteiger charge is 2.14. The highest BCUT2D eigenvalue weighted by molar-refractivity contribution is 6.06. The number of hydrogen-bond acceptors (Lipinski definition) is 4. The zero-order valence-corrected chi connectivity index (χ0v) is 13.4. The Morgan fingerprint density at radius 1 is 1.12 bits per heavy atom. The lowest BCUT2D eigenvalue weighted by molar-refractivity contribution is 0.102. The summed E-state index contributed by atoms with van der Waals surface area (Å²) in [5, 5.41) is 11.8. The van der Waals surface area contributed by atoms with Gasteiger partial charge >= 0.3 is 0 Å². The summed E-state index contributed by atoms with van der Waals surface area (Å²) in [5.41, 5.74) is 10.0. The molecule has 5 heteroatoms. The first-order valence-electron chi connectivity index (χ1n) is 7.75. The molecular weight excluding hydrogens is 312 g/mol.